The molecule has 0 unspecified atom stereocenters. The summed E-state index contributed by atoms with van der Waals surface area (Å²) in [7, 11) is 0. The van der Waals surface area contributed by atoms with Crippen LogP contribution >= 0.6 is 11.8 Å². The lowest BCUT2D eigenvalue weighted by atomic mass is 10.1. The maximum atomic E-state index is 11.4. The monoisotopic (exact) mass is 330 g/mol. The number of carbonyl (C=O) groups excluding carboxylic acids is 2. The van der Waals surface area contributed by atoms with E-state index in [0.717, 1.165) is 30.6 Å². The number of thioether (sulfide) groups is 1. The summed E-state index contributed by atoms with van der Waals surface area (Å²) in [6.45, 7) is 2.81. The number of rotatable bonds is 17. The van der Waals surface area contributed by atoms with Crippen molar-refractivity contribution in [3.05, 3.63) is 0 Å². The average molecular weight is 331 g/mol. The molecule has 4 heteroatoms. The van der Waals surface area contributed by atoms with Gasteiger partial charge in [0, 0.05) is 12.2 Å². The zero-order valence-corrected chi connectivity index (χ0v) is 15.1. The second kappa shape index (κ2) is 18.5. The van der Waals surface area contributed by atoms with Gasteiger partial charge in [0.1, 0.15) is 6.29 Å². The number of aldehydes is 1. The van der Waals surface area contributed by atoms with Gasteiger partial charge < -0.3 is 9.53 Å². The summed E-state index contributed by atoms with van der Waals surface area (Å²) in [5, 5.41) is 0. The summed E-state index contributed by atoms with van der Waals surface area (Å²) >= 11 is 1.63. The van der Waals surface area contributed by atoms with Gasteiger partial charge in [-0.1, -0.05) is 64.7 Å². The average Bonchev–Trinajstić information content (AvgIpc) is 2.52. The summed E-state index contributed by atoms with van der Waals surface area (Å²) in [5.74, 6) is 1.45. The second-order valence-electron chi connectivity index (χ2n) is 5.72. The van der Waals surface area contributed by atoms with Crippen LogP contribution in [0.2, 0.25) is 0 Å². The summed E-state index contributed by atoms with van der Waals surface area (Å²) in [6, 6.07) is 0. The van der Waals surface area contributed by atoms with Crippen LogP contribution in [0.3, 0.4) is 0 Å². The van der Waals surface area contributed by atoms with Gasteiger partial charge >= 0.3 is 5.97 Å². The van der Waals surface area contributed by atoms with Gasteiger partial charge in [0.05, 0.1) is 13.0 Å². The largest absolute Gasteiger partial charge is 0.466 e. The van der Waals surface area contributed by atoms with Crippen LogP contribution in [0.25, 0.3) is 0 Å². The third-order valence-corrected chi connectivity index (χ3v) is 4.61. The number of ether oxygens (including phenoxy) is 1. The Kier molecular flexibility index (Phi) is 18.1. The highest BCUT2D eigenvalue weighted by Crippen LogP contribution is 2.10. The van der Waals surface area contributed by atoms with Crippen molar-refractivity contribution in [2.45, 2.75) is 84.0 Å². The molecule has 0 aliphatic carbocycles. The first-order valence-corrected chi connectivity index (χ1v) is 10.1. The normalized spacial score (nSPS) is 10.6. The Morgan fingerprint density at radius 3 is 2.09 bits per heavy atom. The van der Waals surface area contributed by atoms with E-state index in [1.54, 1.807) is 11.8 Å². The molecule has 0 bridgehead atoms. The van der Waals surface area contributed by atoms with Gasteiger partial charge in [-0.2, -0.15) is 11.8 Å². The molecule has 0 aromatic heterocycles. The molecule has 0 saturated heterocycles. The lowest BCUT2D eigenvalue weighted by Crippen LogP contribution is -2.07. The topological polar surface area (TPSA) is 43.4 Å². The fourth-order valence-corrected chi connectivity index (χ4v) is 3.01. The minimum atomic E-state index is -0.102. The molecule has 0 rings (SSSR count). The fraction of sp³-hybridized carbons (Fsp3) is 0.889. The Hall–Kier alpha value is -0.510. The minimum absolute atomic E-state index is 0.102. The highest BCUT2D eigenvalue weighted by molar-refractivity contribution is 7.99. The van der Waals surface area contributed by atoms with E-state index in [9.17, 15) is 9.59 Å². The molecule has 0 aromatic carbocycles. The highest BCUT2D eigenvalue weighted by Gasteiger charge is 2.02. The van der Waals surface area contributed by atoms with Gasteiger partial charge in [-0.15, -0.1) is 0 Å². The van der Waals surface area contributed by atoms with Crippen molar-refractivity contribution >= 4 is 24.0 Å². The lowest BCUT2D eigenvalue weighted by molar-refractivity contribution is -0.143. The van der Waals surface area contributed by atoms with Crippen molar-refractivity contribution in [1.29, 1.82) is 0 Å². The summed E-state index contributed by atoms with van der Waals surface area (Å²) < 4.78 is 5.20. The van der Waals surface area contributed by atoms with Crippen molar-refractivity contribution in [2.75, 3.05) is 18.1 Å². The predicted molar refractivity (Wildman–Crippen MR) is 95.4 cm³/mol. The highest BCUT2D eigenvalue weighted by atomic mass is 32.2. The summed E-state index contributed by atoms with van der Waals surface area (Å²) in [5.41, 5.74) is 0. The van der Waals surface area contributed by atoms with Gasteiger partial charge in [-0.25, -0.2) is 0 Å². The third kappa shape index (κ3) is 17.5. The molecule has 0 heterocycles. The first-order chi connectivity index (χ1) is 10.8. The quantitative estimate of drug-likeness (QED) is 0.210. The Bertz CT molecular complexity index is 257. The number of hydrogen-bond donors (Lipinski definition) is 0. The molecule has 0 fully saturated rings. The summed E-state index contributed by atoms with van der Waals surface area (Å²) in [6.07, 6.45) is 14.8. The van der Waals surface area contributed by atoms with Crippen molar-refractivity contribution in [3.8, 4) is 0 Å². The van der Waals surface area contributed by atoms with Gasteiger partial charge in [0.2, 0.25) is 0 Å². The minimum Gasteiger partial charge on any atom is -0.466 e. The molecule has 3 nitrogen and oxygen atoms in total. The SMILES string of the molecule is CCCCCCCCCCCCOC(=O)CCSCCC=O. The standard InChI is InChI=1S/C18H34O3S/c1-2-3-4-5-6-7-8-9-10-11-15-21-18(20)13-17-22-16-12-14-19/h14H,2-13,15-17H2,1H3. The molecular formula is C18H34O3S. The van der Waals surface area contributed by atoms with Crippen molar-refractivity contribution in [2.24, 2.45) is 0 Å². The van der Waals surface area contributed by atoms with E-state index in [0.29, 0.717) is 19.4 Å². The molecule has 0 N–H and O–H groups in total. The molecule has 130 valence electrons. The van der Waals surface area contributed by atoms with Gasteiger partial charge in [0.25, 0.3) is 0 Å². The molecule has 0 aliphatic heterocycles. The van der Waals surface area contributed by atoms with Crippen molar-refractivity contribution < 1.29 is 14.3 Å². The van der Waals surface area contributed by atoms with Crippen LogP contribution in [-0.2, 0) is 14.3 Å². The maximum Gasteiger partial charge on any atom is 0.306 e. The van der Waals surface area contributed by atoms with E-state index in [2.05, 4.69) is 6.92 Å². The van der Waals surface area contributed by atoms with Crippen LogP contribution in [0.15, 0.2) is 0 Å². The van der Waals surface area contributed by atoms with Crippen molar-refractivity contribution in [1.82, 2.24) is 0 Å². The van der Waals surface area contributed by atoms with Crippen LogP contribution in [0.1, 0.15) is 84.0 Å². The van der Waals surface area contributed by atoms with E-state index in [-0.39, 0.29) is 5.97 Å². The van der Waals surface area contributed by atoms with E-state index in [1.165, 1.54) is 51.4 Å². The Balaban J connectivity index is 3.12. The zero-order valence-electron chi connectivity index (χ0n) is 14.3. The predicted octanol–water partition coefficient (Wildman–Crippen LogP) is 5.16. The fourth-order valence-electron chi connectivity index (χ4n) is 2.24. The zero-order chi connectivity index (χ0) is 16.3. The first-order valence-electron chi connectivity index (χ1n) is 8.98. The third-order valence-electron chi connectivity index (χ3n) is 3.59. The van der Waals surface area contributed by atoms with Crippen LogP contribution in [0, 0.1) is 0 Å². The first kappa shape index (κ1) is 21.5. The summed E-state index contributed by atoms with van der Waals surface area (Å²) in [4.78, 5) is 21.6. The number of carbonyl (C=O) groups is 2. The maximum absolute atomic E-state index is 11.4. The molecule has 0 atom stereocenters. The van der Waals surface area contributed by atoms with Gasteiger partial charge in [0.15, 0.2) is 0 Å². The van der Waals surface area contributed by atoms with Crippen LogP contribution in [-0.4, -0.2) is 30.4 Å². The van der Waals surface area contributed by atoms with Crippen LogP contribution < -0.4 is 0 Å². The molecule has 0 amide bonds. The van der Waals surface area contributed by atoms with Gasteiger partial charge in [-0.05, 0) is 12.2 Å². The second-order valence-corrected chi connectivity index (χ2v) is 6.94. The number of esters is 1. The molecule has 22 heavy (non-hydrogen) atoms. The van der Waals surface area contributed by atoms with Gasteiger partial charge in [-0.3, -0.25) is 4.79 Å². The van der Waals surface area contributed by atoms with E-state index in [4.69, 9.17) is 4.74 Å². The molecule has 0 saturated carbocycles. The van der Waals surface area contributed by atoms with E-state index < -0.39 is 0 Å². The molecule has 0 aliphatic rings. The molecular weight excluding hydrogens is 296 g/mol. The van der Waals surface area contributed by atoms with E-state index in [1.807, 2.05) is 0 Å². The number of unbranched alkanes of at least 4 members (excludes halogenated alkanes) is 9. The van der Waals surface area contributed by atoms with Crippen LogP contribution in [0.5, 0.6) is 0 Å². The Morgan fingerprint density at radius 1 is 0.909 bits per heavy atom. The molecule has 0 radical (unpaired) electrons. The lowest BCUT2D eigenvalue weighted by Gasteiger charge is -2.05. The molecule has 0 aromatic rings. The van der Waals surface area contributed by atoms with Crippen molar-refractivity contribution in [3.63, 3.8) is 0 Å². The Morgan fingerprint density at radius 2 is 1.50 bits per heavy atom. The molecule has 0 spiro atoms. The smallest absolute Gasteiger partial charge is 0.306 e. The van der Waals surface area contributed by atoms with Crippen LogP contribution in [0.4, 0.5) is 0 Å². The van der Waals surface area contributed by atoms with E-state index >= 15 is 0 Å². The number of hydrogen-bond acceptors (Lipinski definition) is 4. The Labute approximate surface area is 141 Å².